The summed E-state index contributed by atoms with van der Waals surface area (Å²) < 4.78 is 36.9. The minimum Gasteiger partial charge on any atom is -0.467 e. The van der Waals surface area contributed by atoms with Crippen LogP contribution in [0.1, 0.15) is 30.7 Å². The number of amides is 1. The van der Waals surface area contributed by atoms with Gasteiger partial charge >= 0.3 is 6.01 Å². The van der Waals surface area contributed by atoms with Crippen LogP contribution in [0.25, 0.3) is 38.9 Å². The molecule has 0 aliphatic carbocycles. The molecule has 2 fully saturated rings. The van der Waals surface area contributed by atoms with Crippen molar-refractivity contribution >= 4 is 51.1 Å². The fourth-order valence-corrected chi connectivity index (χ4v) is 6.66. The number of methoxy groups -OCH3 is 1. The Hall–Kier alpha value is -5.18. The highest BCUT2D eigenvalue weighted by Gasteiger charge is 2.34. The van der Waals surface area contributed by atoms with Crippen molar-refractivity contribution in [2.75, 3.05) is 44.7 Å². The summed E-state index contributed by atoms with van der Waals surface area (Å²) in [5, 5.41) is 15.3. The first kappa shape index (κ1) is 34.7. The van der Waals surface area contributed by atoms with Gasteiger partial charge in [0.2, 0.25) is 0 Å². The van der Waals surface area contributed by atoms with Crippen molar-refractivity contribution in [1.82, 2.24) is 25.2 Å². The van der Waals surface area contributed by atoms with Crippen LogP contribution >= 0.6 is 11.6 Å². The molecule has 1 atom stereocenters. The Morgan fingerprint density at radius 2 is 1.80 bits per heavy atom. The van der Waals surface area contributed by atoms with Crippen molar-refractivity contribution in [3.05, 3.63) is 94.8 Å². The lowest BCUT2D eigenvalue weighted by atomic mass is 9.96. The fraction of sp³-hybridized carbons (Fsp3) is 0.289. The predicted molar refractivity (Wildman–Crippen MR) is 192 cm³/mol. The van der Waals surface area contributed by atoms with Crippen molar-refractivity contribution in [1.29, 1.82) is 5.26 Å². The second-order valence-electron chi connectivity index (χ2n) is 12.1. The standard InChI is InChI=1S/C34H27ClF2N6O2.C4H9N/c1-20-6-3-9-22(39-20)18-28(36)33(44)43-17-16-42(19-23(43)14-15-38)32-26-13-12-25(30(37)31(26)40-34(41-32)45-2)24-10-4-7-21-8-5-11-27(35)29(21)24;1-2-4-5-3-1/h3-13,18,23H,14,16-17,19H2,1-2H3;5H,1-4H2/b28-18-;. The highest BCUT2D eigenvalue weighted by atomic mass is 35.5. The molecule has 2 aliphatic rings. The molecule has 0 spiro atoms. The van der Waals surface area contributed by atoms with Crippen LogP contribution in [-0.2, 0) is 4.79 Å². The fourth-order valence-electron chi connectivity index (χ4n) is 6.38. The molecule has 256 valence electrons. The number of piperazine rings is 1. The van der Waals surface area contributed by atoms with E-state index in [1.807, 2.05) is 35.2 Å². The van der Waals surface area contributed by atoms with Gasteiger partial charge in [-0.15, -0.1) is 0 Å². The number of hydrogen-bond acceptors (Lipinski definition) is 8. The monoisotopic (exact) mass is 695 g/mol. The SMILES string of the molecule is C1CCNC1.COc1nc(N2CCN(C(=O)/C(F)=C/c3cccc(C)n3)C(CC#N)C2)c2ccc(-c3cccc4cccc(Cl)c34)c(F)c2n1. The van der Waals surface area contributed by atoms with E-state index in [1.165, 1.54) is 37.9 Å². The van der Waals surface area contributed by atoms with Gasteiger partial charge in [-0.3, -0.25) is 9.78 Å². The quantitative estimate of drug-likeness (QED) is 0.185. The highest BCUT2D eigenvalue weighted by molar-refractivity contribution is 6.36. The van der Waals surface area contributed by atoms with Crippen molar-refractivity contribution in [3.8, 4) is 23.2 Å². The molecule has 0 radical (unpaired) electrons. The van der Waals surface area contributed by atoms with Crippen LogP contribution in [-0.4, -0.2) is 71.6 Å². The van der Waals surface area contributed by atoms with E-state index in [2.05, 4.69) is 26.3 Å². The van der Waals surface area contributed by atoms with Gasteiger partial charge in [0.1, 0.15) is 11.3 Å². The van der Waals surface area contributed by atoms with Gasteiger partial charge in [-0.2, -0.15) is 15.2 Å². The second kappa shape index (κ2) is 15.6. The average Bonchev–Trinajstić information content (AvgIpc) is 3.72. The van der Waals surface area contributed by atoms with E-state index >= 15 is 8.78 Å². The van der Waals surface area contributed by atoms with Crippen molar-refractivity contribution < 1.29 is 18.3 Å². The van der Waals surface area contributed by atoms with Gasteiger partial charge in [-0.25, -0.2) is 8.78 Å². The Morgan fingerprint density at radius 3 is 2.50 bits per heavy atom. The van der Waals surface area contributed by atoms with Crippen molar-refractivity contribution in [2.45, 2.75) is 32.2 Å². The third kappa shape index (κ3) is 7.37. The van der Waals surface area contributed by atoms with E-state index in [-0.39, 0.29) is 37.6 Å². The first-order valence-corrected chi connectivity index (χ1v) is 16.8. The molecule has 0 bridgehead atoms. The van der Waals surface area contributed by atoms with Gasteiger partial charge in [0.05, 0.1) is 31.3 Å². The van der Waals surface area contributed by atoms with Crippen LogP contribution in [0.5, 0.6) is 6.01 Å². The van der Waals surface area contributed by atoms with Crippen LogP contribution in [0.15, 0.2) is 72.6 Å². The molecule has 2 aliphatic heterocycles. The molecule has 1 N–H and O–H groups in total. The Balaban J connectivity index is 0.000000794. The number of hydrogen-bond donors (Lipinski definition) is 1. The summed E-state index contributed by atoms with van der Waals surface area (Å²) in [6.45, 7) is 4.79. The summed E-state index contributed by atoms with van der Waals surface area (Å²) in [5.41, 5.74) is 2.00. The summed E-state index contributed by atoms with van der Waals surface area (Å²) in [7, 11) is 1.39. The molecule has 7 rings (SSSR count). The van der Waals surface area contributed by atoms with Gasteiger partial charge in [0, 0.05) is 52.8 Å². The lowest BCUT2D eigenvalue weighted by Crippen LogP contribution is -2.55. The maximum absolute atomic E-state index is 16.4. The summed E-state index contributed by atoms with van der Waals surface area (Å²) in [6.07, 6.45) is 3.83. The minimum atomic E-state index is -0.971. The van der Waals surface area contributed by atoms with E-state index in [1.54, 1.807) is 43.3 Å². The number of halogens is 3. The average molecular weight is 696 g/mol. The number of anilines is 1. The first-order valence-electron chi connectivity index (χ1n) is 16.5. The van der Waals surface area contributed by atoms with E-state index in [9.17, 15) is 10.1 Å². The number of rotatable bonds is 6. The molecule has 0 saturated carbocycles. The van der Waals surface area contributed by atoms with Gasteiger partial charge < -0.3 is 19.9 Å². The predicted octanol–water partition coefficient (Wildman–Crippen LogP) is 7.27. The topological polar surface area (TPSA) is 107 Å². The maximum atomic E-state index is 16.4. The number of benzene rings is 3. The number of carbonyl (C=O) groups is 1. The van der Waals surface area contributed by atoms with Gasteiger partial charge in [0.15, 0.2) is 11.6 Å². The zero-order chi connectivity index (χ0) is 35.2. The van der Waals surface area contributed by atoms with Crippen molar-refractivity contribution in [3.63, 3.8) is 0 Å². The maximum Gasteiger partial charge on any atom is 0.318 e. The summed E-state index contributed by atoms with van der Waals surface area (Å²) in [6, 6.07) is 21.0. The van der Waals surface area contributed by atoms with E-state index in [4.69, 9.17) is 16.3 Å². The Morgan fingerprint density at radius 1 is 1.04 bits per heavy atom. The van der Waals surface area contributed by atoms with Crippen molar-refractivity contribution in [2.24, 2.45) is 0 Å². The second-order valence-corrected chi connectivity index (χ2v) is 12.5. The summed E-state index contributed by atoms with van der Waals surface area (Å²) >= 11 is 6.54. The Kier molecular flexibility index (Phi) is 10.8. The molecule has 9 nitrogen and oxygen atoms in total. The number of nitriles is 1. The smallest absolute Gasteiger partial charge is 0.318 e. The van der Waals surface area contributed by atoms with E-state index in [0.29, 0.717) is 38.7 Å². The van der Waals surface area contributed by atoms with Gasteiger partial charge in [-0.05, 0) is 68.1 Å². The van der Waals surface area contributed by atoms with E-state index < -0.39 is 23.6 Å². The molecule has 2 saturated heterocycles. The number of carbonyl (C=O) groups excluding carboxylic acids is 1. The number of nitrogens with one attached hydrogen (secondary N) is 1. The summed E-state index contributed by atoms with van der Waals surface area (Å²) in [5.74, 6) is -1.98. The number of nitrogens with zero attached hydrogens (tertiary/aromatic N) is 6. The van der Waals surface area contributed by atoms with Crippen LogP contribution in [0.4, 0.5) is 14.6 Å². The number of pyridine rings is 1. The van der Waals surface area contributed by atoms with Gasteiger partial charge in [-0.1, -0.05) is 54.1 Å². The van der Waals surface area contributed by atoms with Crippen LogP contribution in [0.2, 0.25) is 5.02 Å². The third-order valence-electron chi connectivity index (χ3n) is 8.81. The third-order valence-corrected chi connectivity index (χ3v) is 9.12. The molecule has 5 aromatic rings. The Labute approximate surface area is 294 Å². The normalized spacial score (nSPS) is 16.2. The Bertz CT molecular complexity index is 2100. The number of ether oxygens (including phenoxy) is 1. The van der Waals surface area contributed by atoms with Gasteiger partial charge in [0.25, 0.3) is 5.91 Å². The lowest BCUT2D eigenvalue weighted by Gasteiger charge is -2.41. The minimum absolute atomic E-state index is 0.0422. The molecular weight excluding hydrogens is 660 g/mol. The molecule has 50 heavy (non-hydrogen) atoms. The number of aryl methyl sites for hydroxylation is 1. The lowest BCUT2D eigenvalue weighted by molar-refractivity contribution is -0.131. The zero-order valence-electron chi connectivity index (χ0n) is 27.8. The highest BCUT2D eigenvalue weighted by Crippen LogP contribution is 2.39. The van der Waals surface area contributed by atoms with Crippen LogP contribution < -0.4 is 15.0 Å². The largest absolute Gasteiger partial charge is 0.467 e. The molecule has 1 amide bonds. The number of aromatic nitrogens is 3. The molecule has 12 heteroatoms. The van der Waals surface area contributed by atoms with E-state index in [0.717, 1.165) is 16.8 Å². The van der Waals surface area contributed by atoms with Crippen LogP contribution in [0, 0.1) is 24.1 Å². The zero-order valence-corrected chi connectivity index (χ0v) is 28.6. The molecule has 1 unspecified atom stereocenters. The summed E-state index contributed by atoms with van der Waals surface area (Å²) in [4.78, 5) is 29.5. The van der Waals surface area contributed by atoms with Crippen LogP contribution in [0.3, 0.4) is 0 Å². The first-order chi connectivity index (χ1) is 24.3. The molecule has 3 aromatic carbocycles. The number of fused-ring (bicyclic) bond motifs is 2. The molecule has 4 heterocycles. The molecular formula is C38H36ClF2N7O2. The molecule has 2 aromatic heterocycles.